The molecule has 1 heterocycles. The third kappa shape index (κ3) is 6.56. The topological polar surface area (TPSA) is 76.1 Å². The lowest BCUT2D eigenvalue weighted by Crippen LogP contribution is -2.43. The van der Waals surface area contributed by atoms with Gasteiger partial charge in [0, 0.05) is 25.9 Å². The summed E-state index contributed by atoms with van der Waals surface area (Å²) in [7, 11) is 0. The van der Waals surface area contributed by atoms with Crippen molar-refractivity contribution < 1.29 is 37.3 Å². The first-order valence-electron chi connectivity index (χ1n) is 11.4. The molecule has 0 bridgehead atoms. The van der Waals surface area contributed by atoms with Crippen LogP contribution < -0.4 is 9.47 Å². The number of likely N-dealkylation sites (tertiary alicyclic amines) is 1. The van der Waals surface area contributed by atoms with Crippen LogP contribution in [0.4, 0.5) is 18.0 Å². The molecule has 1 amide bonds. The second kappa shape index (κ2) is 10.7. The number of rotatable bonds is 6. The number of benzene rings is 3. The number of carboxylic acid groups (broad SMARTS) is 1. The van der Waals surface area contributed by atoms with E-state index in [1.54, 1.807) is 41.3 Å². The predicted octanol–water partition coefficient (Wildman–Crippen LogP) is 6.04. The zero-order valence-electron chi connectivity index (χ0n) is 19.2. The number of carboxylic acids is 1. The molecule has 4 rings (SSSR count). The van der Waals surface area contributed by atoms with Crippen LogP contribution >= 0.6 is 0 Å². The highest BCUT2D eigenvalue weighted by Crippen LogP contribution is 2.29. The van der Waals surface area contributed by atoms with Gasteiger partial charge >= 0.3 is 18.2 Å². The highest BCUT2D eigenvalue weighted by molar-refractivity contribution is 5.87. The van der Waals surface area contributed by atoms with Crippen LogP contribution in [0.3, 0.4) is 0 Å². The van der Waals surface area contributed by atoms with E-state index in [1.807, 2.05) is 0 Å². The SMILES string of the molecule is O=C(O)c1ccc(OC2CCN(C(=O)Oc3ccc(Cc4ccc(C(F)(F)F)cc4)cc3)CC2)cc1. The van der Waals surface area contributed by atoms with Crippen LogP contribution in [0.1, 0.15) is 39.9 Å². The first kappa shape index (κ1) is 25.1. The van der Waals surface area contributed by atoms with Gasteiger partial charge in [-0.2, -0.15) is 13.2 Å². The Morgan fingerprint density at radius 2 is 1.36 bits per heavy atom. The molecule has 1 saturated heterocycles. The van der Waals surface area contributed by atoms with E-state index in [0.29, 0.717) is 43.9 Å². The third-order valence-electron chi connectivity index (χ3n) is 5.92. The van der Waals surface area contributed by atoms with Gasteiger partial charge in [-0.3, -0.25) is 0 Å². The molecule has 0 atom stereocenters. The van der Waals surface area contributed by atoms with Gasteiger partial charge < -0.3 is 19.5 Å². The summed E-state index contributed by atoms with van der Waals surface area (Å²) in [4.78, 5) is 25.1. The Morgan fingerprint density at radius 1 is 0.833 bits per heavy atom. The van der Waals surface area contributed by atoms with Crippen LogP contribution in [0.2, 0.25) is 0 Å². The standard InChI is InChI=1S/C27H24F3NO5/c28-27(29,30)21-7-1-18(2-8-21)17-19-3-9-23(10-4-19)36-26(34)31-15-13-24(14-16-31)35-22-11-5-20(6-12-22)25(32)33/h1-12,24H,13-17H2,(H,32,33). The van der Waals surface area contributed by atoms with Crippen molar-refractivity contribution in [2.75, 3.05) is 13.1 Å². The molecule has 1 aliphatic rings. The van der Waals surface area contributed by atoms with Crippen LogP contribution in [-0.4, -0.2) is 41.3 Å². The van der Waals surface area contributed by atoms with E-state index in [0.717, 1.165) is 23.3 Å². The normalized spacial score (nSPS) is 14.4. The number of carbonyl (C=O) groups is 2. The van der Waals surface area contributed by atoms with Crippen molar-refractivity contribution in [1.82, 2.24) is 4.90 Å². The van der Waals surface area contributed by atoms with E-state index in [2.05, 4.69) is 0 Å². The molecule has 0 saturated carbocycles. The Bertz CT molecular complexity index is 1180. The number of piperidine rings is 1. The first-order valence-corrected chi connectivity index (χ1v) is 11.4. The van der Waals surface area contributed by atoms with Crippen molar-refractivity contribution in [2.24, 2.45) is 0 Å². The minimum absolute atomic E-state index is 0.0887. The largest absolute Gasteiger partial charge is 0.490 e. The molecule has 3 aromatic rings. The van der Waals surface area contributed by atoms with Crippen LogP contribution in [0.25, 0.3) is 0 Å². The summed E-state index contributed by atoms with van der Waals surface area (Å²) in [6, 6.07) is 18.1. The number of carbonyl (C=O) groups excluding carboxylic acids is 1. The minimum atomic E-state index is -4.36. The molecule has 1 fully saturated rings. The zero-order chi connectivity index (χ0) is 25.7. The Kier molecular flexibility index (Phi) is 7.47. The van der Waals surface area contributed by atoms with E-state index in [-0.39, 0.29) is 11.7 Å². The molecule has 36 heavy (non-hydrogen) atoms. The number of alkyl halides is 3. The van der Waals surface area contributed by atoms with Crippen molar-refractivity contribution in [3.05, 3.63) is 95.1 Å². The highest BCUT2D eigenvalue weighted by Gasteiger charge is 2.30. The minimum Gasteiger partial charge on any atom is -0.490 e. The van der Waals surface area contributed by atoms with Crippen molar-refractivity contribution in [2.45, 2.75) is 31.5 Å². The lowest BCUT2D eigenvalue weighted by Gasteiger charge is -2.31. The van der Waals surface area contributed by atoms with Gasteiger partial charge in [0.2, 0.25) is 0 Å². The molecule has 3 aromatic carbocycles. The highest BCUT2D eigenvalue weighted by atomic mass is 19.4. The number of ether oxygens (including phenoxy) is 2. The second-order valence-corrected chi connectivity index (χ2v) is 8.52. The molecule has 0 radical (unpaired) electrons. The summed E-state index contributed by atoms with van der Waals surface area (Å²) in [5.41, 5.74) is 1.13. The van der Waals surface area contributed by atoms with Crippen LogP contribution in [0.15, 0.2) is 72.8 Å². The monoisotopic (exact) mass is 499 g/mol. The summed E-state index contributed by atoms with van der Waals surface area (Å²) in [5, 5.41) is 8.97. The van der Waals surface area contributed by atoms with Gasteiger partial charge in [-0.25, -0.2) is 9.59 Å². The van der Waals surface area contributed by atoms with Gasteiger partial charge in [-0.15, -0.1) is 0 Å². The van der Waals surface area contributed by atoms with Gasteiger partial charge in [0.15, 0.2) is 0 Å². The van der Waals surface area contributed by atoms with Crippen LogP contribution in [0, 0.1) is 0 Å². The first-order chi connectivity index (χ1) is 17.2. The number of amides is 1. The molecule has 6 nitrogen and oxygen atoms in total. The van der Waals surface area contributed by atoms with E-state index in [9.17, 15) is 22.8 Å². The fourth-order valence-electron chi connectivity index (χ4n) is 3.91. The average molecular weight is 499 g/mol. The van der Waals surface area contributed by atoms with Gasteiger partial charge in [0.1, 0.15) is 17.6 Å². The van der Waals surface area contributed by atoms with Gasteiger partial charge in [-0.05, 0) is 66.1 Å². The number of hydrogen-bond donors (Lipinski definition) is 1. The van der Waals surface area contributed by atoms with E-state index in [1.165, 1.54) is 24.3 Å². The fourth-order valence-corrected chi connectivity index (χ4v) is 3.91. The van der Waals surface area contributed by atoms with Gasteiger partial charge in [0.25, 0.3) is 0 Å². The molecule has 1 aliphatic heterocycles. The van der Waals surface area contributed by atoms with E-state index >= 15 is 0 Å². The van der Waals surface area contributed by atoms with Crippen LogP contribution in [-0.2, 0) is 12.6 Å². The van der Waals surface area contributed by atoms with Gasteiger partial charge in [0.05, 0.1) is 11.1 Å². The molecule has 9 heteroatoms. The van der Waals surface area contributed by atoms with Crippen molar-refractivity contribution in [1.29, 1.82) is 0 Å². The van der Waals surface area contributed by atoms with Gasteiger partial charge in [-0.1, -0.05) is 24.3 Å². The summed E-state index contributed by atoms with van der Waals surface area (Å²) in [6.45, 7) is 0.922. The van der Waals surface area contributed by atoms with Crippen LogP contribution in [0.5, 0.6) is 11.5 Å². The molecule has 0 aromatic heterocycles. The molecular weight excluding hydrogens is 475 g/mol. The smallest absolute Gasteiger partial charge is 0.416 e. The van der Waals surface area contributed by atoms with Crippen molar-refractivity contribution >= 4 is 12.1 Å². The Labute approximate surface area is 205 Å². The Morgan fingerprint density at radius 3 is 1.89 bits per heavy atom. The zero-order valence-corrected chi connectivity index (χ0v) is 19.2. The number of nitrogens with zero attached hydrogens (tertiary/aromatic N) is 1. The molecule has 188 valence electrons. The Hall–Kier alpha value is -4.01. The molecule has 0 aliphatic carbocycles. The second-order valence-electron chi connectivity index (χ2n) is 8.52. The van der Waals surface area contributed by atoms with E-state index in [4.69, 9.17) is 14.6 Å². The quantitative estimate of drug-likeness (QED) is 0.448. The average Bonchev–Trinajstić information content (AvgIpc) is 2.86. The summed E-state index contributed by atoms with van der Waals surface area (Å²) in [6.07, 6.45) is -3.23. The number of aromatic carboxylic acids is 1. The lowest BCUT2D eigenvalue weighted by molar-refractivity contribution is -0.137. The molecular formula is C27H24F3NO5. The van der Waals surface area contributed by atoms with E-state index < -0.39 is 23.8 Å². The maximum Gasteiger partial charge on any atom is 0.416 e. The fraction of sp³-hybridized carbons (Fsp3) is 0.259. The predicted molar refractivity (Wildman–Crippen MR) is 125 cm³/mol. The lowest BCUT2D eigenvalue weighted by atomic mass is 10.0. The van der Waals surface area contributed by atoms with Crippen molar-refractivity contribution in [3.63, 3.8) is 0 Å². The third-order valence-corrected chi connectivity index (χ3v) is 5.92. The molecule has 0 unspecified atom stereocenters. The number of halogens is 3. The summed E-state index contributed by atoms with van der Waals surface area (Å²) < 4.78 is 49.5. The maximum atomic E-state index is 12.7. The Balaban J connectivity index is 1.24. The van der Waals surface area contributed by atoms with Crippen molar-refractivity contribution in [3.8, 4) is 11.5 Å². The molecule has 1 N–H and O–H groups in total. The number of hydrogen-bond acceptors (Lipinski definition) is 4. The summed E-state index contributed by atoms with van der Waals surface area (Å²) >= 11 is 0. The maximum absolute atomic E-state index is 12.7. The summed E-state index contributed by atoms with van der Waals surface area (Å²) in [5.74, 6) is -0.0346. The molecule has 0 spiro atoms.